The maximum absolute atomic E-state index is 12.6. The highest BCUT2D eigenvalue weighted by Crippen LogP contribution is 2.33. The molecule has 1 amide bonds. The zero-order valence-electron chi connectivity index (χ0n) is 19.8. The third-order valence-corrected chi connectivity index (χ3v) is 6.23. The van der Waals surface area contributed by atoms with E-state index in [1.165, 1.54) is 17.8 Å². The van der Waals surface area contributed by atoms with E-state index in [9.17, 15) is 14.9 Å². The Bertz CT molecular complexity index is 1390. The van der Waals surface area contributed by atoms with E-state index in [-0.39, 0.29) is 18.2 Å². The van der Waals surface area contributed by atoms with Crippen LogP contribution in [0.25, 0.3) is 6.08 Å². The molecule has 10 heteroatoms. The largest absolute Gasteiger partial charge is 0.496 e. The van der Waals surface area contributed by atoms with E-state index in [0.717, 1.165) is 11.1 Å². The summed E-state index contributed by atoms with van der Waals surface area (Å²) in [5, 5.41) is 14.3. The Morgan fingerprint density at radius 3 is 2.56 bits per heavy atom. The van der Waals surface area contributed by atoms with Crippen LogP contribution in [0.3, 0.4) is 0 Å². The number of hydrogen-bond acceptors (Lipinski definition) is 8. The summed E-state index contributed by atoms with van der Waals surface area (Å²) >= 11 is 1.24. The van der Waals surface area contributed by atoms with Crippen molar-refractivity contribution in [3.63, 3.8) is 0 Å². The van der Waals surface area contributed by atoms with Crippen LogP contribution in [0.5, 0.6) is 17.2 Å². The summed E-state index contributed by atoms with van der Waals surface area (Å²) < 4.78 is 16.6. The molecule has 3 aromatic rings. The average molecular weight is 506 g/mol. The number of rotatable bonds is 8. The van der Waals surface area contributed by atoms with Crippen molar-refractivity contribution < 1.29 is 23.9 Å². The first kappa shape index (κ1) is 24.8. The highest BCUT2D eigenvalue weighted by atomic mass is 32.2. The second-order valence-corrected chi connectivity index (χ2v) is 8.75. The van der Waals surface area contributed by atoms with Gasteiger partial charge in [-0.15, -0.1) is 0 Å². The van der Waals surface area contributed by atoms with Crippen molar-refractivity contribution in [1.29, 1.82) is 0 Å². The van der Waals surface area contributed by atoms with E-state index < -0.39 is 4.92 Å². The summed E-state index contributed by atoms with van der Waals surface area (Å²) in [7, 11) is 3.13. The Labute approximate surface area is 211 Å². The molecule has 3 aromatic carbocycles. The van der Waals surface area contributed by atoms with E-state index in [1.54, 1.807) is 51.5 Å². The van der Waals surface area contributed by atoms with Crippen molar-refractivity contribution in [3.8, 4) is 17.2 Å². The standard InChI is InChI=1S/C26H23N3O6S/c1-16-12-19(9-10-21(16)29(31)32)35-15-18-13-17(8-11-22(18)33-2)14-24-25(30)28-26(36-24)27-20-6-4-5-7-23(20)34-3/h4-14H,15H2,1-3H3,(H,27,28,30). The molecule has 1 saturated heterocycles. The van der Waals surface area contributed by atoms with Gasteiger partial charge in [-0.2, -0.15) is 0 Å². The van der Waals surface area contributed by atoms with Crippen LogP contribution in [-0.2, 0) is 11.4 Å². The fourth-order valence-electron chi connectivity index (χ4n) is 3.55. The molecular formula is C26H23N3O6S. The number of hydrogen-bond donors (Lipinski definition) is 1. The minimum Gasteiger partial charge on any atom is -0.496 e. The van der Waals surface area contributed by atoms with Gasteiger partial charge in [0.15, 0.2) is 5.17 Å². The van der Waals surface area contributed by atoms with Crippen LogP contribution in [0.4, 0.5) is 11.4 Å². The number of amides is 1. The zero-order valence-corrected chi connectivity index (χ0v) is 20.6. The minimum absolute atomic E-state index is 0.0366. The molecule has 0 saturated carbocycles. The van der Waals surface area contributed by atoms with Gasteiger partial charge in [0.25, 0.3) is 11.6 Å². The predicted molar refractivity (Wildman–Crippen MR) is 139 cm³/mol. The summed E-state index contributed by atoms with van der Waals surface area (Å²) in [6, 6.07) is 17.4. The van der Waals surface area contributed by atoms with E-state index >= 15 is 0 Å². The molecule has 36 heavy (non-hydrogen) atoms. The molecule has 184 valence electrons. The number of carbonyl (C=O) groups excluding carboxylic acids is 1. The fourth-order valence-corrected chi connectivity index (χ4v) is 4.38. The second-order valence-electron chi connectivity index (χ2n) is 7.72. The number of nitrogens with one attached hydrogen (secondary N) is 1. The van der Waals surface area contributed by atoms with Crippen LogP contribution in [0.15, 0.2) is 70.6 Å². The minimum atomic E-state index is -0.428. The van der Waals surface area contributed by atoms with Crippen molar-refractivity contribution in [1.82, 2.24) is 5.32 Å². The second kappa shape index (κ2) is 11.0. The van der Waals surface area contributed by atoms with Gasteiger partial charge in [0.2, 0.25) is 0 Å². The highest BCUT2D eigenvalue weighted by molar-refractivity contribution is 8.18. The number of nitrogens with zero attached hydrogens (tertiary/aromatic N) is 2. The SMILES string of the molecule is COc1ccc(C=C2SC(=Nc3ccccc3OC)NC2=O)cc1COc1ccc([N+](=O)[O-])c(C)c1. The topological polar surface area (TPSA) is 112 Å². The van der Waals surface area contributed by atoms with Gasteiger partial charge in [-0.25, -0.2) is 4.99 Å². The number of aliphatic imine (C=N–C) groups is 1. The quantitative estimate of drug-likeness (QED) is 0.248. The average Bonchev–Trinajstić information content (AvgIpc) is 3.21. The lowest BCUT2D eigenvalue weighted by Gasteiger charge is -2.12. The lowest BCUT2D eigenvalue weighted by Crippen LogP contribution is -2.19. The molecule has 9 nitrogen and oxygen atoms in total. The maximum Gasteiger partial charge on any atom is 0.272 e. The van der Waals surface area contributed by atoms with Gasteiger partial charge < -0.3 is 19.5 Å². The lowest BCUT2D eigenvalue weighted by atomic mass is 10.1. The number of aryl methyl sites for hydroxylation is 1. The number of methoxy groups -OCH3 is 2. The molecule has 0 unspecified atom stereocenters. The summed E-state index contributed by atoms with van der Waals surface area (Å²) in [5.74, 6) is 1.49. The number of nitro benzene ring substituents is 1. The highest BCUT2D eigenvalue weighted by Gasteiger charge is 2.24. The van der Waals surface area contributed by atoms with E-state index in [1.807, 2.05) is 30.3 Å². The normalized spacial score (nSPS) is 15.1. The maximum atomic E-state index is 12.6. The summed E-state index contributed by atoms with van der Waals surface area (Å²) in [4.78, 5) is 28.2. The Balaban J connectivity index is 1.52. The smallest absolute Gasteiger partial charge is 0.272 e. The Kier molecular flexibility index (Phi) is 7.55. The van der Waals surface area contributed by atoms with Crippen molar-refractivity contribution >= 4 is 40.3 Å². The van der Waals surface area contributed by atoms with Gasteiger partial charge in [0.05, 0.1) is 24.0 Å². The van der Waals surface area contributed by atoms with Crippen LogP contribution in [-0.4, -0.2) is 30.2 Å². The zero-order chi connectivity index (χ0) is 25.7. The van der Waals surface area contributed by atoms with Crippen LogP contribution >= 0.6 is 11.8 Å². The van der Waals surface area contributed by atoms with Gasteiger partial charge in [-0.3, -0.25) is 14.9 Å². The molecule has 0 aromatic heterocycles. The summed E-state index contributed by atoms with van der Waals surface area (Å²) in [6.07, 6.45) is 1.77. The predicted octanol–water partition coefficient (Wildman–Crippen LogP) is 5.39. The van der Waals surface area contributed by atoms with E-state index in [2.05, 4.69) is 10.3 Å². The molecule has 0 bridgehead atoms. The summed E-state index contributed by atoms with van der Waals surface area (Å²) in [5.41, 5.74) is 2.71. The molecule has 4 rings (SSSR count). The molecule has 1 N–H and O–H groups in total. The lowest BCUT2D eigenvalue weighted by molar-refractivity contribution is -0.385. The van der Waals surface area contributed by atoms with Crippen LogP contribution in [0.2, 0.25) is 0 Å². The van der Waals surface area contributed by atoms with E-state index in [0.29, 0.717) is 38.6 Å². The number of benzene rings is 3. The number of carbonyl (C=O) groups is 1. The fraction of sp³-hybridized carbons (Fsp3) is 0.154. The third kappa shape index (κ3) is 5.66. The molecule has 1 aliphatic heterocycles. The van der Waals surface area contributed by atoms with Crippen molar-refractivity contribution in [2.24, 2.45) is 4.99 Å². The third-order valence-electron chi connectivity index (χ3n) is 5.32. The first-order chi connectivity index (χ1) is 17.4. The first-order valence-corrected chi connectivity index (χ1v) is 11.7. The molecule has 1 heterocycles. The van der Waals surface area contributed by atoms with Crippen molar-refractivity contribution in [3.05, 3.63) is 92.4 Å². The molecular weight excluding hydrogens is 482 g/mol. The molecule has 1 fully saturated rings. The Morgan fingerprint density at radius 1 is 1.06 bits per heavy atom. The van der Waals surface area contributed by atoms with Crippen LogP contribution < -0.4 is 19.5 Å². The monoisotopic (exact) mass is 505 g/mol. The number of para-hydroxylation sites is 2. The molecule has 0 atom stereocenters. The number of amidine groups is 1. The van der Waals surface area contributed by atoms with Crippen LogP contribution in [0, 0.1) is 17.0 Å². The summed E-state index contributed by atoms with van der Waals surface area (Å²) in [6.45, 7) is 1.84. The van der Waals surface area contributed by atoms with Crippen LogP contribution in [0.1, 0.15) is 16.7 Å². The van der Waals surface area contributed by atoms with Gasteiger partial charge >= 0.3 is 0 Å². The number of thioether (sulfide) groups is 1. The number of ether oxygens (including phenoxy) is 3. The Hall–Kier alpha value is -4.31. The van der Waals surface area contributed by atoms with Gasteiger partial charge in [-0.05, 0) is 66.7 Å². The molecule has 0 aliphatic carbocycles. The molecule has 0 radical (unpaired) electrons. The van der Waals surface area contributed by atoms with Gasteiger partial charge in [0, 0.05) is 17.2 Å². The van der Waals surface area contributed by atoms with Crippen molar-refractivity contribution in [2.45, 2.75) is 13.5 Å². The van der Waals surface area contributed by atoms with E-state index in [4.69, 9.17) is 14.2 Å². The Morgan fingerprint density at radius 2 is 1.83 bits per heavy atom. The van der Waals surface area contributed by atoms with Crippen molar-refractivity contribution in [2.75, 3.05) is 14.2 Å². The van der Waals surface area contributed by atoms with Gasteiger partial charge in [0.1, 0.15) is 29.5 Å². The van der Waals surface area contributed by atoms with Gasteiger partial charge in [-0.1, -0.05) is 18.2 Å². The first-order valence-electron chi connectivity index (χ1n) is 10.9. The molecule has 1 aliphatic rings. The number of nitro groups is 1. The molecule has 0 spiro atoms.